The van der Waals surface area contributed by atoms with Crippen molar-refractivity contribution in [1.29, 1.82) is 0 Å². The number of thioether (sulfide) groups is 1. The van der Waals surface area contributed by atoms with Crippen molar-refractivity contribution >= 4 is 11.8 Å². The van der Waals surface area contributed by atoms with Gasteiger partial charge >= 0.3 is 0 Å². The molecule has 2 nitrogen and oxygen atoms in total. The van der Waals surface area contributed by atoms with E-state index in [0.29, 0.717) is 5.41 Å². The Bertz CT molecular complexity index is 188. The molecular formula is C13H28N2S. The van der Waals surface area contributed by atoms with Gasteiger partial charge in [0.15, 0.2) is 0 Å². The molecule has 96 valence electrons. The summed E-state index contributed by atoms with van der Waals surface area (Å²) in [5.41, 5.74) is 6.07. The molecule has 1 aliphatic heterocycles. The van der Waals surface area contributed by atoms with E-state index in [9.17, 15) is 0 Å². The van der Waals surface area contributed by atoms with Crippen LogP contribution in [0.3, 0.4) is 0 Å². The van der Waals surface area contributed by atoms with Crippen LogP contribution in [0.1, 0.15) is 39.5 Å². The van der Waals surface area contributed by atoms with E-state index in [1.54, 1.807) is 0 Å². The first-order chi connectivity index (χ1) is 7.55. The second-order valence-electron chi connectivity index (χ2n) is 5.82. The molecule has 3 heteroatoms. The molecule has 1 atom stereocenters. The Hall–Kier alpha value is 0.270. The van der Waals surface area contributed by atoms with E-state index in [4.69, 9.17) is 5.73 Å². The van der Waals surface area contributed by atoms with Gasteiger partial charge in [-0.2, -0.15) is 11.8 Å². The van der Waals surface area contributed by atoms with Gasteiger partial charge in [0.1, 0.15) is 0 Å². The van der Waals surface area contributed by atoms with Gasteiger partial charge in [0.05, 0.1) is 0 Å². The molecule has 16 heavy (non-hydrogen) atoms. The summed E-state index contributed by atoms with van der Waals surface area (Å²) in [6, 6.07) is 0.840. The number of rotatable bonds is 7. The van der Waals surface area contributed by atoms with Gasteiger partial charge in [0, 0.05) is 11.8 Å². The lowest BCUT2D eigenvalue weighted by atomic mass is 9.87. The van der Waals surface area contributed by atoms with Gasteiger partial charge in [-0.25, -0.2) is 0 Å². The molecular weight excluding hydrogens is 216 g/mol. The van der Waals surface area contributed by atoms with Crippen LogP contribution in [-0.2, 0) is 0 Å². The molecule has 1 aliphatic rings. The average molecular weight is 244 g/mol. The number of unbranched alkanes of at least 4 members (excludes halogenated alkanes) is 1. The summed E-state index contributed by atoms with van der Waals surface area (Å²) in [6.07, 6.45) is 5.28. The maximum absolute atomic E-state index is 5.73. The maximum Gasteiger partial charge on any atom is 0.0191 e. The lowest BCUT2D eigenvalue weighted by molar-refractivity contribution is 0.246. The highest BCUT2D eigenvalue weighted by Crippen LogP contribution is 2.23. The average Bonchev–Trinajstić information content (AvgIpc) is 2.77. The van der Waals surface area contributed by atoms with E-state index >= 15 is 0 Å². The molecule has 0 amide bonds. The van der Waals surface area contributed by atoms with Crippen LogP contribution in [0.2, 0.25) is 0 Å². The third-order valence-electron chi connectivity index (χ3n) is 3.70. The first-order valence-corrected chi connectivity index (χ1v) is 7.69. The van der Waals surface area contributed by atoms with Crippen molar-refractivity contribution in [3.8, 4) is 0 Å². The van der Waals surface area contributed by atoms with Crippen molar-refractivity contribution in [2.45, 2.75) is 45.6 Å². The Morgan fingerprint density at radius 1 is 1.38 bits per heavy atom. The van der Waals surface area contributed by atoms with Crippen molar-refractivity contribution in [3.05, 3.63) is 0 Å². The molecule has 2 N–H and O–H groups in total. The number of nitrogens with zero attached hydrogens (tertiary/aromatic N) is 1. The Labute approximate surface area is 105 Å². The minimum atomic E-state index is 0.335. The topological polar surface area (TPSA) is 29.3 Å². The Morgan fingerprint density at radius 2 is 2.12 bits per heavy atom. The third kappa shape index (κ3) is 5.07. The molecule has 1 unspecified atom stereocenters. The molecule has 1 fully saturated rings. The maximum atomic E-state index is 5.73. The van der Waals surface area contributed by atoms with Crippen molar-refractivity contribution in [2.24, 2.45) is 11.1 Å². The summed E-state index contributed by atoms with van der Waals surface area (Å²) in [4.78, 5) is 2.55. The van der Waals surface area contributed by atoms with Crippen LogP contribution >= 0.6 is 11.8 Å². The highest BCUT2D eigenvalue weighted by atomic mass is 32.2. The minimum absolute atomic E-state index is 0.335. The van der Waals surface area contributed by atoms with Crippen LogP contribution in [0.25, 0.3) is 0 Å². The van der Waals surface area contributed by atoms with Crippen molar-refractivity contribution in [2.75, 3.05) is 31.6 Å². The Kier molecular flexibility index (Phi) is 6.16. The van der Waals surface area contributed by atoms with Crippen LogP contribution in [0, 0.1) is 5.41 Å². The monoisotopic (exact) mass is 244 g/mol. The molecule has 1 rings (SSSR count). The van der Waals surface area contributed by atoms with Gasteiger partial charge in [-0.3, -0.25) is 0 Å². The molecule has 0 aromatic rings. The van der Waals surface area contributed by atoms with Crippen LogP contribution in [0.5, 0.6) is 0 Å². The molecule has 0 aromatic carbocycles. The molecule has 0 aliphatic carbocycles. The zero-order chi connectivity index (χ0) is 12.0. The lowest BCUT2D eigenvalue weighted by Crippen LogP contribution is -2.32. The predicted molar refractivity (Wildman–Crippen MR) is 75.0 cm³/mol. The summed E-state index contributed by atoms with van der Waals surface area (Å²) < 4.78 is 0. The van der Waals surface area contributed by atoms with Gasteiger partial charge in [0.2, 0.25) is 0 Å². The summed E-state index contributed by atoms with van der Waals surface area (Å²) in [7, 11) is 2.28. The largest absolute Gasteiger partial charge is 0.330 e. The van der Waals surface area contributed by atoms with Gasteiger partial charge < -0.3 is 10.6 Å². The van der Waals surface area contributed by atoms with E-state index in [-0.39, 0.29) is 0 Å². The normalized spacial score (nSPS) is 21.9. The minimum Gasteiger partial charge on any atom is -0.330 e. The van der Waals surface area contributed by atoms with Gasteiger partial charge in [-0.05, 0) is 50.6 Å². The van der Waals surface area contributed by atoms with E-state index in [2.05, 4.69) is 37.6 Å². The smallest absolute Gasteiger partial charge is 0.0191 e. The van der Waals surface area contributed by atoms with Crippen molar-refractivity contribution < 1.29 is 0 Å². The van der Waals surface area contributed by atoms with E-state index in [0.717, 1.165) is 12.6 Å². The zero-order valence-corrected chi connectivity index (χ0v) is 12.0. The third-order valence-corrected chi connectivity index (χ3v) is 4.84. The van der Waals surface area contributed by atoms with Crippen LogP contribution in [0.15, 0.2) is 0 Å². The predicted octanol–water partition coefficient (Wildman–Crippen LogP) is 2.58. The lowest BCUT2D eigenvalue weighted by Gasteiger charge is -2.25. The Morgan fingerprint density at radius 3 is 2.69 bits per heavy atom. The summed E-state index contributed by atoms with van der Waals surface area (Å²) >= 11 is 2.10. The van der Waals surface area contributed by atoms with Crippen LogP contribution < -0.4 is 5.73 Å². The second-order valence-corrected chi connectivity index (χ2v) is 6.97. The standard InChI is InChI=1S/C13H28N2S/c1-13(2,11-14)7-4-5-8-15(3)12-6-9-16-10-12/h12H,4-11,14H2,1-3H3. The van der Waals surface area contributed by atoms with E-state index in [1.165, 1.54) is 43.7 Å². The summed E-state index contributed by atoms with van der Waals surface area (Å²) in [5.74, 6) is 2.69. The fourth-order valence-electron chi connectivity index (χ4n) is 2.12. The fraction of sp³-hybridized carbons (Fsp3) is 1.00. The highest BCUT2D eigenvalue weighted by molar-refractivity contribution is 7.99. The molecule has 1 heterocycles. The zero-order valence-electron chi connectivity index (χ0n) is 11.2. The van der Waals surface area contributed by atoms with Crippen molar-refractivity contribution in [1.82, 2.24) is 4.90 Å². The fourth-order valence-corrected chi connectivity index (χ4v) is 3.42. The highest BCUT2D eigenvalue weighted by Gasteiger charge is 2.20. The first-order valence-electron chi connectivity index (χ1n) is 6.53. The quantitative estimate of drug-likeness (QED) is 0.698. The summed E-state index contributed by atoms with van der Waals surface area (Å²) in [5, 5.41) is 0. The van der Waals surface area contributed by atoms with E-state index < -0.39 is 0 Å². The SMILES string of the molecule is CN(CCCCC(C)(C)CN)C1CCSC1. The molecule has 0 aromatic heterocycles. The molecule has 0 bridgehead atoms. The Balaban J connectivity index is 2.06. The molecule has 0 radical (unpaired) electrons. The first kappa shape index (κ1) is 14.3. The molecule has 0 saturated carbocycles. The van der Waals surface area contributed by atoms with E-state index in [1.807, 2.05) is 0 Å². The number of hydrogen-bond acceptors (Lipinski definition) is 3. The van der Waals surface area contributed by atoms with Crippen LogP contribution in [0.4, 0.5) is 0 Å². The van der Waals surface area contributed by atoms with Gasteiger partial charge in [-0.15, -0.1) is 0 Å². The summed E-state index contributed by atoms with van der Waals surface area (Å²) in [6.45, 7) is 6.60. The van der Waals surface area contributed by atoms with Gasteiger partial charge in [0.25, 0.3) is 0 Å². The number of nitrogens with two attached hydrogens (primary N) is 1. The number of hydrogen-bond donors (Lipinski definition) is 1. The second kappa shape index (κ2) is 6.87. The molecule has 0 spiro atoms. The molecule has 1 saturated heterocycles. The van der Waals surface area contributed by atoms with Crippen LogP contribution in [-0.4, -0.2) is 42.6 Å². The van der Waals surface area contributed by atoms with Crippen molar-refractivity contribution in [3.63, 3.8) is 0 Å². The van der Waals surface area contributed by atoms with Gasteiger partial charge in [-0.1, -0.05) is 20.3 Å².